The number of hydrogen-bond acceptors (Lipinski definition) is 3. The average Bonchev–Trinajstić information content (AvgIpc) is 2.35. The Morgan fingerprint density at radius 2 is 2.35 bits per heavy atom. The monoisotopic (exact) mass is 233 g/mol. The first-order valence-corrected chi connectivity index (χ1v) is 5.20. The van der Waals surface area contributed by atoms with Crippen molar-refractivity contribution in [1.29, 1.82) is 0 Å². The van der Waals surface area contributed by atoms with Crippen LogP contribution in [0.25, 0.3) is 0 Å². The second kappa shape index (κ2) is 7.44. The fraction of sp³-hybridized carbons (Fsp3) is 0.308. The number of hydrogen-bond donors (Lipinski definition) is 2. The molecule has 0 saturated heterocycles. The molecule has 1 rings (SSSR count). The number of benzene rings is 1. The zero-order valence-electron chi connectivity index (χ0n) is 9.69. The molecule has 0 fully saturated rings. The van der Waals surface area contributed by atoms with Crippen molar-refractivity contribution in [3.8, 4) is 11.8 Å². The van der Waals surface area contributed by atoms with Gasteiger partial charge < -0.3 is 15.2 Å². The minimum absolute atomic E-state index is 0.0595. The van der Waals surface area contributed by atoms with E-state index in [1.807, 2.05) is 24.3 Å². The minimum atomic E-state index is -0.158. The summed E-state index contributed by atoms with van der Waals surface area (Å²) in [5, 5.41) is 11.3. The number of aliphatic hydroxyl groups is 1. The highest BCUT2D eigenvalue weighted by molar-refractivity contribution is 5.77. The molecule has 17 heavy (non-hydrogen) atoms. The van der Waals surface area contributed by atoms with Crippen molar-refractivity contribution >= 4 is 5.91 Å². The maximum absolute atomic E-state index is 11.2. The molecule has 0 radical (unpaired) electrons. The van der Waals surface area contributed by atoms with Crippen molar-refractivity contribution in [1.82, 2.24) is 5.32 Å². The second-order valence-electron chi connectivity index (χ2n) is 3.37. The highest BCUT2D eigenvalue weighted by Gasteiger charge is 1.99. The van der Waals surface area contributed by atoms with Gasteiger partial charge in [-0.3, -0.25) is 4.79 Å². The van der Waals surface area contributed by atoms with E-state index in [2.05, 4.69) is 17.2 Å². The van der Waals surface area contributed by atoms with Gasteiger partial charge in [0.05, 0.1) is 0 Å². The first-order valence-electron chi connectivity index (χ1n) is 5.20. The van der Waals surface area contributed by atoms with Crippen molar-refractivity contribution in [3.05, 3.63) is 35.4 Å². The number of methoxy groups -OCH3 is 1. The Morgan fingerprint density at radius 3 is 3.06 bits per heavy atom. The van der Waals surface area contributed by atoms with Crippen LogP contribution in [0.1, 0.15) is 11.1 Å². The number of aliphatic hydroxyl groups excluding tert-OH is 1. The molecule has 0 saturated carbocycles. The lowest BCUT2D eigenvalue weighted by Gasteiger charge is -2.04. The highest BCUT2D eigenvalue weighted by atomic mass is 16.5. The predicted octanol–water partition coefficient (Wildman–Crippen LogP) is 0.293. The average molecular weight is 233 g/mol. The summed E-state index contributed by atoms with van der Waals surface area (Å²) in [5.74, 6) is 5.23. The van der Waals surface area contributed by atoms with Gasteiger partial charge >= 0.3 is 0 Å². The number of carbonyl (C=O) groups excluding carboxylic acids is 1. The Morgan fingerprint density at radius 1 is 1.53 bits per heavy atom. The first kappa shape index (κ1) is 13.2. The van der Waals surface area contributed by atoms with Crippen LogP contribution >= 0.6 is 0 Å². The summed E-state index contributed by atoms with van der Waals surface area (Å²) >= 11 is 0. The molecule has 4 nitrogen and oxygen atoms in total. The van der Waals surface area contributed by atoms with Crippen LogP contribution in [0.4, 0.5) is 0 Å². The summed E-state index contributed by atoms with van der Waals surface area (Å²) < 4.78 is 4.71. The molecule has 0 aliphatic carbocycles. The lowest BCUT2D eigenvalue weighted by molar-refractivity contribution is -0.124. The molecule has 1 amide bonds. The van der Waals surface area contributed by atoms with Gasteiger partial charge in [0.1, 0.15) is 13.2 Å². The summed E-state index contributed by atoms with van der Waals surface area (Å²) in [6, 6.07) is 7.48. The van der Waals surface area contributed by atoms with Crippen LogP contribution in [0.5, 0.6) is 0 Å². The molecule has 4 heteroatoms. The van der Waals surface area contributed by atoms with Crippen molar-refractivity contribution in [2.24, 2.45) is 0 Å². The van der Waals surface area contributed by atoms with E-state index in [0.717, 1.165) is 11.1 Å². The molecule has 0 aliphatic rings. The van der Waals surface area contributed by atoms with Gasteiger partial charge in [-0.2, -0.15) is 0 Å². The molecule has 90 valence electrons. The maximum Gasteiger partial charge on any atom is 0.246 e. The summed E-state index contributed by atoms with van der Waals surface area (Å²) in [6.07, 6.45) is 0. The zero-order chi connectivity index (χ0) is 12.5. The smallest absolute Gasteiger partial charge is 0.246 e. The molecule has 0 heterocycles. The summed E-state index contributed by atoms with van der Waals surface area (Å²) in [4.78, 5) is 11.2. The van der Waals surface area contributed by atoms with Gasteiger partial charge in [0.15, 0.2) is 0 Å². The summed E-state index contributed by atoms with van der Waals surface area (Å²) in [7, 11) is 1.48. The van der Waals surface area contributed by atoms with Crippen LogP contribution in [0.2, 0.25) is 0 Å². The molecule has 0 aromatic heterocycles. The molecule has 0 spiro atoms. The molecule has 0 atom stereocenters. The molecule has 0 bridgehead atoms. The number of ether oxygens (including phenoxy) is 1. The lowest BCUT2D eigenvalue weighted by atomic mass is 10.1. The number of rotatable bonds is 4. The fourth-order valence-electron chi connectivity index (χ4n) is 1.28. The van der Waals surface area contributed by atoms with Crippen LogP contribution in [-0.2, 0) is 16.1 Å². The van der Waals surface area contributed by atoms with Crippen LogP contribution in [-0.4, -0.2) is 31.3 Å². The van der Waals surface area contributed by atoms with Crippen LogP contribution in [0.3, 0.4) is 0 Å². The van der Waals surface area contributed by atoms with Crippen molar-refractivity contribution in [3.63, 3.8) is 0 Å². The summed E-state index contributed by atoms with van der Waals surface area (Å²) in [5.41, 5.74) is 1.77. The lowest BCUT2D eigenvalue weighted by Crippen LogP contribution is -2.26. The third-order valence-electron chi connectivity index (χ3n) is 2.00. The molecule has 1 aromatic carbocycles. The fourth-order valence-corrected chi connectivity index (χ4v) is 1.28. The normalized spacial score (nSPS) is 9.29. The van der Waals surface area contributed by atoms with Crippen LogP contribution in [0.15, 0.2) is 24.3 Å². The van der Waals surface area contributed by atoms with Crippen molar-refractivity contribution in [2.45, 2.75) is 6.54 Å². The van der Waals surface area contributed by atoms with Crippen molar-refractivity contribution in [2.75, 3.05) is 20.3 Å². The molecule has 0 unspecified atom stereocenters. The largest absolute Gasteiger partial charge is 0.384 e. The molecular formula is C13H15NO3. The van der Waals surface area contributed by atoms with Crippen LogP contribution < -0.4 is 5.32 Å². The maximum atomic E-state index is 11.2. The number of nitrogens with one attached hydrogen (secondary N) is 1. The molecule has 1 aromatic rings. The standard InChI is InChI=1S/C13H15NO3/c1-17-10-13(16)14-9-12-5-2-4-11(8-12)6-3-7-15/h2,4-5,8,15H,7,9-10H2,1H3,(H,14,16). The Bertz CT molecular complexity index is 432. The van der Waals surface area contributed by atoms with E-state index < -0.39 is 0 Å². The number of amides is 1. The second-order valence-corrected chi connectivity index (χ2v) is 3.37. The van der Waals surface area contributed by atoms with Gasteiger partial charge in [0, 0.05) is 19.2 Å². The van der Waals surface area contributed by atoms with Gasteiger partial charge in [-0.05, 0) is 17.7 Å². The van der Waals surface area contributed by atoms with E-state index in [0.29, 0.717) is 6.54 Å². The van der Waals surface area contributed by atoms with Gasteiger partial charge in [-0.15, -0.1) is 0 Å². The Kier molecular flexibility index (Phi) is 5.80. The van der Waals surface area contributed by atoms with E-state index in [9.17, 15) is 4.79 Å². The van der Waals surface area contributed by atoms with Gasteiger partial charge in [-0.25, -0.2) is 0 Å². The van der Waals surface area contributed by atoms with Gasteiger partial charge in [-0.1, -0.05) is 24.0 Å². The SMILES string of the molecule is COCC(=O)NCc1cccc(C#CCO)c1. The summed E-state index contributed by atoms with van der Waals surface area (Å²) in [6.45, 7) is 0.343. The predicted molar refractivity (Wildman–Crippen MR) is 64.1 cm³/mol. The Balaban J connectivity index is 2.57. The molecular weight excluding hydrogens is 218 g/mol. The Labute approximate surface area is 101 Å². The van der Waals surface area contributed by atoms with Crippen molar-refractivity contribution < 1.29 is 14.6 Å². The Hall–Kier alpha value is -1.83. The van der Waals surface area contributed by atoms with E-state index in [-0.39, 0.29) is 19.1 Å². The molecule has 0 aliphatic heterocycles. The van der Waals surface area contributed by atoms with E-state index >= 15 is 0 Å². The van der Waals surface area contributed by atoms with Crippen LogP contribution in [0, 0.1) is 11.8 Å². The number of carbonyl (C=O) groups is 1. The van der Waals surface area contributed by atoms with Gasteiger partial charge in [0.25, 0.3) is 0 Å². The van der Waals surface area contributed by atoms with E-state index in [1.165, 1.54) is 7.11 Å². The third-order valence-corrected chi connectivity index (χ3v) is 2.00. The molecule has 2 N–H and O–H groups in total. The minimum Gasteiger partial charge on any atom is -0.384 e. The quantitative estimate of drug-likeness (QED) is 0.735. The third kappa shape index (κ3) is 5.16. The highest BCUT2D eigenvalue weighted by Crippen LogP contribution is 2.03. The first-order chi connectivity index (χ1) is 8.26. The topological polar surface area (TPSA) is 58.6 Å². The van der Waals surface area contributed by atoms with E-state index in [1.54, 1.807) is 0 Å². The zero-order valence-corrected chi connectivity index (χ0v) is 9.69. The van der Waals surface area contributed by atoms with Gasteiger partial charge in [0.2, 0.25) is 5.91 Å². The van der Waals surface area contributed by atoms with E-state index in [4.69, 9.17) is 9.84 Å².